The van der Waals surface area contributed by atoms with Crippen molar-refractivity contribution in [2.45, 2.75) is 38.1 Å². The number of rotatable bonds is 8. The van der Waals surface area contributed by atoms with E-state index in [2.05, 4.69) is 63.7 Å². The predicted molar refractivity (Wildman–Crippen MR) is 157 cm³/mol. The van der Waals surface area contributed by atoms with E-state index in [1.165, 1.54) is 17.2 Å². The third kappa shape index (κ3) is 6.10. The summed E-state index contributed by atoms with van der Waals surface area (Å²) in [7, 11) is 0. The van der Waals surface area contributed by atoms with Gasteiger partial charge in [0.2, 0.25) is 0 Å². The predicted octanol–water partition coefficient (Wildman–Crippen LogP) is 6.98. The van der Waals surface area contributed by atoms with Gasteiger partial charge in [-0.05, 0) is 37.1 Å². The molecule has 1 N–H and O–H groups in total. The fraction of sp³-hybridized carbons (Fsp3) is 0.242. The third-order valence-corrected chi connectivity index (χ3v) is 7.38. The number of pyridine rings is 2. The maximum atomic E-state index is 13.2. The minimum absolute atomic E-state index is 0.132. The van der Waals surface area contributed by atoms with E-state index in [0.29, 0.717) is 17.1 Å². The zero-order valence-electron chi connectivity index (χ0n) is 23.6. The molecule has 43 heavy (non-hydrogen) atoms. The van der Waals surface area contributed by atoms with Crippen LogP contribution in [0.4, 0.5) is 18.9 Å². The van der Waals surface area contributed by atoms with Gasteiger partial charge in [-0.2, -0.15) is 13.2 Å². The molecule has 0 unspecified atom stereocenters. The van der Waals surface area contributed by atoms with Gasteiger partial charge >= 0.3 is 6.18 Å². The van der Waals surface area contributed by atoms with Gasteiger partial charge in [0.25, 0.3) is 5.91 Å². The van der Waals surface area contributed by atoms with E-state index in [1.807, 2.05) is 32.2 Å². The number of ether oxygens (including phenoxy) is 1. The van der Waals surface area contributed by atoms with Crippen molar-refractivity contribution in [3.63, 3.8) is 0 Å². The summed E-state index contributed by atoms with van der Waals surface area (Å²) in [6, 6.07) is 25.9. The first kappa shape index (κ1) is 28.4. The first-order chi connectivity index (χ1) is 20.7. The summed E-state index contributed by atoms with van der Waals surface area (Å²) in [6.07, 6.45) is -1.28. The van der Waals surface area contributed by atoms with E-state index in [0.717, 1.165) is 30.9 Å². The van der Waals surface area contributed by atoms with E-state index in [1.54, 1.807) is 16.7 Å². The van der Waals surface area contributed by atoms with Gasteiger partial charge in [0.15, 0.2) is 0 Å². The van der Waals surface area contributed by atoms with Crippen molar-refractivity contribution in [1.82, 2.24) is 19.3 Å². The highest BCUT2D eigenvalue weighted by atomic mass is 19.4. The van der Waals surface area contributed by atoms with Gasteiger partial charge < -0.3 is 14.5 Å². The fourth-order valence-corrected chi connectivity index (χ4v) is 5.38. The molecule has 0 atom stereocenters. The van der Waals surface area contributed by atoms with Crippen LogP contribution in [0.5, 0.6) is 5.75 Å². The van der Waals surface area contributed by atoms with Crippen LogP contribution in [-0.2, 0) is 6.18 Å². The Balaban J connectivity index is 1.25. The van der Waals surface area contributed by atoms with E-state index < -0.39 is 17.8 Å². The average Bonchev–Trinajstić information content (AvgIpc) is 3.37. The van der Waals surface area contributed by atoms with E-state index in [9.17, 15) is 18.0 Å². The molecule has 0 radical (unpaired) electrons. The molecule has 1 amide bonds. The monoisotopic (exact) mass is 585 g/mol. The number of hydrogen-bond acceptors (Lipinski definition) is 5. The number of amides is 1. The molecule has 6 rings (SSSR count). The molecule has 7 nitrogen and oxygen atoms in total. The van der Waals surface area contributed by atoms with Crippen molar-refractivity contribution in [1.29, 1.82) is 0 Å². The van der Waals surface area contributed by atoms with Crippen LogP contribution < -0.4 is 10.1 Å². The molecule has 0 spiro atoms. The molecule has 0 aliphatic carbocycles. The summed E-state index contributed by atoms with van der Waals surface area (Å²) >= 11 is 0. The Labute approximate surface area is 247 Å². The second-order valence-corrected chi connectivity index (χ2v) is 10.9. The minimum Gasteiger partial charge on any atom is -0.489 e. The summed E-state index contributed by atoms with van der Waals surface area (Å²) < 4.78 is 47.2. The number of alkyl halides is 3. The summed E-state index contributed by atoms with van der Waals surface area (Å²) in [6.45, 7) is 5.33. The SMILES string of the molecule is CC(C)Oc1cc2nc(C3CN(C(c4ccccc4)c4ccccc4)C3)cn2cc1NC(=O)c1cccc(C(F)(F)F)n1. The zero-order chi connectivity index (χ0) is 30.1. The van der Waals surface area contributed by atoms with Gasteiger partial charge in [-0.25, -0.2) is 9.97 Å². The number of nitrogens with zero attached hydrogens (tertiary/aromatic N) is 4. The maximum absolute atomic E-state index is 13.2. The van der Waals surface area contributed by atoms with Crippen LogP contribution in [0.2, 0.25) is 0 Å². The molecule has 220 valence electrons. The van der Waals surface area contributed by atoms with Crippen LogP contribution >= 0.6 is 0 Å². The standard InChI is InChI=1S/C33H30F3N5O2/c1-21(2)43-28-16-30-38-26(19-40(30)20-27(28)39-32(42)25-14-9-15-29(37-25)33(34,35)36)24-17-41(18-24)31(22-10-5-3-6-11-22)23-12-7-4-8-13-23/h3-16,19-21,24,31H,17-18H2,1-2H3,(H,39,42). The van der Waals surface area contributed by atoms with Gasteiger partial charge in [-0.1, -0.05) is 66.7 Å². The lowest BCUT2D eigenvalue weighted by molar-refractivity contribution is -0.141. The topological polar surface area (TPSA) is 71.8 Å². The molecule has 0 bridgehead atoms. The van der Waals surface area contributed by atoms with Crippen LogP contribution in [-0.4, -0.2) is 44.4 Å². The van der Waals surface area contributed by atoms with Crippen molar-refractivity contribution >= 4 is 17.2 Å². The van der Waals surface area contributed by atoms with Gasteiger partial charge in [-0.3, -0.25) is 9.69 Å². The first-order valence-electron chi connectivity index (χ1n) is 14.0. The molecule has 3 aromatic heterocycles. The number of carbonyl (C=O) groups excluding carboxylic acids is 1. The summed E-state index contributed by atoms with van der Waals surface area (Å²) in [4.78, 5) is 23.7. The number of nitrogens with one attached hydrogen (secondary N) is 1. The molecular formula is C33H30F3N5O2. The summed E-state index contributed by atoms with van der Waals surface area (Å²) in [5.74, 6) is -0.207. The number of anilines is 1. The van der Waals surface area contributed by atoms with E-state index >= 15 is 0 Å². The number of likely N-dealkylation sites (tertiary alicyclic amines) is 1. The highest BCUT2D eigenvalue weighted by Crippen LogP contribution is 2.38. The minimum atomic E-state index is -4.66. The van der Waals surface area contributed by atoms with Crippen LogP contribution in [0, 0.1) is 0 Å². The Morgan fingerprint density at radius 2 is 1.56 bits per heavy atom. The van der Waals surface area contributed by atoms with Crippen molar-refractivity contribution in [2.75, 3.05) is 18.4 Å². The largest absolute Gasteiger partial charge is 0.489 e. The van der Waals surface area contributed by atoms with Crippen molar-refractivity contribution in [3.8, 4) is 5.75 Å². The summed E-state index contributed by atoms with van der Waals surface area (Å²) in [5, 5.41) is 2.68. The van der Waals surface area contributed by atoms with Gasteiger partial charge in [0.1, 0.15) is 28.5 Å². The smallest absolute Gasteiger partial charge is 0.433 e. The van der Waals surface area contributed by atoms with Crippen LogP contribution in [0.1, 0.15) is 58.8 Å². The quantitative estimate of drug-likeness (QED) is 0.213. The molecule has 1 fully saturated rings. The van der Waals surface area contributed by atoms with Crippen LogP contribution in [0.25, 0.3) is 5.65 Å². The van der Waals surface area contributed by atoms with Crippen LogP contribution in [0.15, 0.2) is 97.3 Å². The Hall–Kier alpha value is -4.70. The number of fused-ring (bicyclic) bond motifs is 1. The Kier molecular flexibility index (Phi) is 7.62. The number of aromatic nitrogens is 3. The maximum Gasteiger partial charge on any atom is 0.433 e. The fourth-order valence-electron chi connectivity index (χ4n) is 5.38. The lowest BCUT2D eigenvalue weighted by Gasteiger charge is -2.44. The molecule has 0 saturated carbocycles. The number of carbonyl (C=O) groups is 1. The number of benzene rings is 2. The molecule has 5 aromatic rings. The lowest BCUT2D eigenvalue weighted by Crippen LogP contribution is -2.47. The first-order valence-corrected chi connectivity index (χ1v) is 14.0. The van der Waals surface area contributed by atoms with Crippen LogP contribution in [0.3, 0.4) is 0 Å². The van der Waals surface area contributed by atoms with Gasteiger partial charge in [0.05, 0.1) is 17.8 Å². The Morgan fingerprint density at radius 3 is 2.16 bits per heavy atom. The Morgan fingerprint density at radius 1 is 0.907 bits per heavy atom. The lowest BCUT2D eigenvalue weighted by atomic mass is 9.89. The van der Waals surface area contributed by atoms with E-state index in [-0.39, 0.29) is 23.8 Å². The molecule has 4 heterocycles. The Bertz CT molecular complexity index is 1690. The highest BCUT2D eigenvalue weighted by Gasteiger charge is 2.36. The average molecular weight is 586 g/mol. The van der Waals surface area contributed by atoms with Crippen molar-refractivity contribution in [2.24, 2.45) is 0 Å². The van der Waals surface area contributed by atoms with Gasteiger partial charge in [-0.15, -0.1) is 0 Å². The zero-order valence-corrected chi connectivity index (χ0v) is 23.6. The van der Waals surface area contributed by atoms with Crippen molar-refractivity contribution < 1.29 is 22.7 Å². The highest BCUT2D eigenvalue weighted by molar-refractivity contribution is 6.03. The molecule has 1 aliphatic rings. The second-order valence-electron chi connectivity index (χ2n) is 10.9. The van der Waals surface area contributed by atoms with Gasteiger partial charge in [0, 0.05) is 37.5 Å². The van der Waals surface area contributed by atoms with E-state index in [4.69, 9.17) is 9.72 Å². The normalized spacial score (nSPS) is 14.3. The molecule has 2 aromatic carbocycles. The second kappa shape index (κ2) is 11.5. The number of hydrogen-bond donors (Lipinski definition) is 1. The third-order valence-electron chi connectivity index (χ3n) is 7.38. The molecule has 1 aliphatic heterocycles. The summed E-state index contributed by atoms with van der Waals surface area (Å²) in [5.41, 5.74) is 2.83. The molecular weight excluding hydrogens is 555 g/mol. The molecule has 1 saturated heterocycles. The number of imidazole rings is 1. The number of halogens is 3. The molecule has 10 heteroatoms. The van der Waals surface area contributed by atoms with Crippen molar-refractivity contribution in [3.05, 3.63) is 126 Å².